The van der Waals surface area contributed by atoms with Crippen LogP contribution in [0.4, 0.5) is 4.79 Å². The summed E-state index contributed by atoms with van der Waals surface area (Å²) in [5.41, 5.74) is 0.481. The number of rotatable bonds is 5. The van der Waals surface area contributed by atoms with Gasteiger partial charge in [0, 0.05) is 12.6 Å². The number of hydrogen-bond donors (Lipinski definition) is 2. The number of halogens is 1. The van der Waals surface area contributed by atoms with Crippen LogP contribution in [0.3, 0.4) is 0 Å². The molecule has 1 aromatic rings. The van der Waals surface area contributed by atoms with Gasteiger partial charge in [0.05, 0.1) is 18.2 Å². The van der Waals surface area contributed by atoms with E-state index in [0.717, 1.165) is 0 Å². The molecule has 23 heavy (non-hydrogen) atoms. The molecule has 8 heteroatoms. The van der Waals surface area contributed by atoms with E-state index in [1.54, 1.807) is 27.8 Å². The van der Waals surface area contributed by atoms with Crippen LogP contribution in [0.25, 0.3) is 0 Å². The number of ether oxygens (including phenoxy) is 1. The largest absolute Gasteiger partial charge is 0.481 e. The zero-order chi connectivity index (χ0) is 17.9. The Kier molecular flexibility index (Phi) is 6.04. The molecule has 0 saturated carbocycles. The number of nitrogens with zero attached hydrogens (tertiary/aromatic N) is 2. The first kappa shape index (κ1) is 19.3. The Hall–Kier alpha value is -1.76. The van der Waals surface area contributed by atoms with E-state index < -0.39 is 23.7 Å². The van der Waals surface area contributed by atoms with Crippen LogP contribution < -0.4 is 5.32 Å². The number of amides is 1. The molecule has 1 aromatic heterocycles. The summed E-state index contributed by atoms with van der Waals surface area (Å²) >= 11 is 6.27. The summed E-state index contributed by atoms with van der Waals surface area (Å²) in [5.74, 6) is -1.03. The van der Waals surface area contributed by atoms with Gasteiger partial charge in [-0.2, -0.15) is 5.10 Å². The van der Waals surface area contributed by atoms with E-state index in [2.05, 4.69) is 10.4 Å². The fourth-order valence-electron chi connectivity index (χ4n) is 2.14. The van der Waals surface area contributed by atoms with Crippen LogP contribution in [0.15, 0.2) is 0 Å². The molecule has 1 atom stereocenters. The van der Waals surface area contributed by atoms with Crippen LogP contribution in [0.5, 0.6) is 0 Å². The molecular formula is C15H24ClN3O4. The standard InChI is InChI=1S/C15H24ClN3O4/c1-8(2)12-11(13(16)19(6)18-12)9(7-10(20)21)17-14(22)23-15(3,4)5/h8-9H,7H2,1-6H3,(H,17,22)(H,20,21)/t9-/m1/s1. The predicted molar refractivity (Wildman–Crippen MR) is 86.7 cm³/mol. The van der Waals surface area contributed by atoms with Crippen LogP contribution >= 0.6 is 11.6 Å². The minimum absolute atomic E-state index is 0.0282. The SMILES string of the molecule is CC(C)c1nn(C)c(Cl)c1[C@@H](CC(=O)O)NC(=O)OC(C)(C)C. The summed E-state index contributed by atoms with van der Waals surface area (Å²) in [6, 6.07) is -0.819. The fraction of sp³-hybridized carbons (Fsp3) is 0.667. The van der Waals surface area contributed by atoms with Gasteiger partial charge in [0.15, 0.2) is 0 Å². The van der Waals surface area contributed by atoms with Crippen molar-refractivity contribution in [2.24, 2.45) is 7.05 Å². The first-order chi connectivity index (χ1) is 10.4. The average molecular weight is 346 g/mol. The number of aryl methyl sites for hydroxylation is 1. The van der Waals surface area contributed by atoms with Gasteiger partial charge in [-0.25, -0.2) is 4.79 Å². The van der Waals surface area contributed by atoms with Gasteiger partial charge in [-0.15, -0.1) is 0 Å². The van der Waals surface area contributed by atoms with E-state index in [-0.39, 0.29) is 12.3 Å². The zero-order valence-corrected chi connectivity index (χ0v) is 15.1. The molecule has 0 bridgehead atoms. The van der Waals surface area contributed by atoms with Gasteiger partial charge in [-0.3, -0.25) is 9.48 Å². The lowest BCUT2D eigenvalue weighted by Crippen LogP contribution is -2.36. The molecule has 2 N–H and O–H groups in total. The molecule has 130 valence electrons. The second-order valence-corrected chi connectivity index (χ2v) is 7.02. The lowest BCUT2D eigenvalue weighted by atomic mass is 9.98. The Labute approximate surface area is 141 Å². The van der Waals surface area contributed by atoms with Gasteiger partial charge in [-0.1, -0.05) is 25.4 Å². The number of carbonyl (C=O) groups is 2. The fourth-order valence-corrected chi connectivity index (χ4v) is 2.40. The highest BCUT2D eigenvalue weighted by atomic mass is 35.5. The Morgan fingerprint density at radius 1 is 1.39 bits per heavy atom. The van der Waals surface area contributed by atoms with E-state index in [9.17, 15) is 9.59 Å². The van der Waals surface area contributed by atoms with Crippen molar-refractivity contribution < 1.29 is 19.4 Å². The monoisotopic (exact) mass is 345 g/mol. The first-order valence-electron chi connectivity index (χ1n) is 7.36. The molecule has 1 heterocycles. The Morgan fingerprint density at radius 3 is 2.39 bits per heavy atom. The van der Waals surface area contributed by atoms with Crippen molar-refractivity contribution in [1.82, 2.24) is 15.1 Å². The van der Waals surface area contributed by atoms with Gasteiger partial charge in [-0.05, 0) is 26.7 Å². The maximum Gasteiger partial charge on any atom is 0.408 e. The maximum atomic E-state index is 12.0. The molecule has 0 unspecified atom stereocenters. The lowest BCUT2D eigenvalue weighted by Gasteiger charge is -2.23. The molecule has 1 rings (SSSR count). The predicted octanol–water partition coefficient (Wildman–Crippen LogP) is 3.24. The minimum atomic E-state index is -1.05. The number of aliphatic carboxylic acids is 1. The van der Waals surface area contributed by atoms with Gasteiger partial charge < -0.3 is 15.2 Å². The molecule has 0 aliphatic heterocycles. The van der Waals surface area contributed by atoms with Gasteiger partial charge >= 0.3 is 12.1 Å². The Morgan fingerprint density at radius 2 is 1.96 bits per heavy atom. The quantitative estimate of drug-likeness (QED) is 0.854. The highest BCUT2D eigenvalue weighted by Crippen LogP contribution is 2.32. The summed E-state index contributed by atoms with van der Waals surface area (Å²) in [4.78, 5) is 23.2. The second-order valence-electron chi connectivity index (χ2n) is 6.66. The molecule has 0 radical (unpaired) electrons. The number of carboxylic acid groups (broad SMARTS) is 1. The molecule has 0 fully saturated rings. The van der Waals surface area contributed by atoms with Gasteiger partial charge in [0.2, 0.25) is 0 Å². The third-order valence-corrected chi connectivity index (χ3v) is 3.45. The highest BCUT2D eigenvalue weighted by molar-refractivity contribution is 6.30. The van der Waals surface area contributed by atoms with Crippen LogP contribution in [0.1, 0.15) is 64.3 Å². The summed E-state index contributed by atoms with van der Waals surface area (Å²) in [6.45, 7) is 9.04. The van der Waals surface area contributed by atoms with Crippen LogP contribution in [-0.2, 0) is 16.6 Å². The molecular weight excluding hydrogens is 322 g/mol. The highest BCUT2D eigenvalue weighted by Gasteiger charge is 2.29. The molecule has 0 saturated heterocycles. The molecule has 0 aliphatic carbocycles. The number of carbonyl (C=O) groups excluding carboxylic acids is 1. The topological polar surface area (TPSA) is 93.5 Å². The molecule has 0 spiro atoms. The van der Waals surface area contributed by atoms with Crippen molar-refractivity contribution >= 4 is 23.7 Å². The average Bonchev–Trinajstić information content (AvgIpc) is 2.62. The van der Waals surface area contributed by atoms with Crippen LogP contribution in [0, 0.1) is 0 Å². The van der Waals surface area contributed by atoms with E-state index >= 15 is 0 Å². The van der Waals surface area contributed by atoms with Crippen molar-refractivity contribution in [2.75, 3.05) is 0 Å². The molecule has 0 aliphatic rings. The van der Waals surface area contributed by atoms with E-state index in [1.807, 2.05) is 13.8 Å². The van der Waals surface area contributed by atoms with Crippen molar-refractivity contribution in [1.29, 1.82) is 0 Å². The normalized spacial score (nSPS) is 13.0. The summed E-state index contributed by atoms with van der Waals surface area (Å²) in [6.07, 6.45) is -1.01. The number of carboxylic acids is 1. The third-order valence-electron chi connectivity index (χ3n) is 3.01. The maximum absolute atomic E-state index is 12.0. The van der Waals surface area contributed by atoms with Crippen molar-refractivity contribution in [3.8, 4) is 0 Å². The Balaban J connectivity index is 3.17. The smallest absolute Gasteiger partial charge is 0.408 e. The Bertz CT molecular complexity index is 590. The van der Waals surface area contributed by atoms with Crippen LogP contribution in [0.2, 0.25) is 5.15 Å². The molecule has 1 amide bonds. The molecule has 0 aromatic carbocycles. The minimum Gasteiger partial charge on any atom is -0.481 e. The second kappa shape index (κ2) is 7.21. The van der Waals surface area contributed by atoms with Crippen molar-refractivity contribution in [3.63, 3.8) is 0 Å². The third kappa shape index (κ3) is 5.42. The lowest BCUT2D eigenvalue weighted by molar-refractivity contribution is -0.137. The number of alkyl carbamates (subject to hydrolysis) is 1. The summed E-state index contributed by atoms with van der Waals surface area (Å²) in [5, 5.41) is 16.4. The van der Waals surface area contributed by atoms with Gasteiger partial charge in [0.25, 0.3) is 0 Å². The summed E-state index contributed by atoms with van der Waals surface area (Å²) < 4.78 is 6.68. The van der Waals surface area contributed by atoms with E-state index in [4.69, 9.17) is 21.4 Å². The molecule has 7 nitrogen and oxygen atoms in total. The number of hydrogen-bond acceptors (Lipinski definition) is 4. The van der Waals surface area contributed by atoms with E-state index in [1.165, 1.54) is 4.68 Å². The first-order valence-corrected chi connectivity index (χ1v) is 7.73. The zero-order valence-electron chi connectivity index (χ0n) is 14.3. The van der Waals surface area contributed by atoms with E-state index in [0.29, 0.717) is 16.4 Å². The van der Waals surface area contributed by atoms with Crippen molar-refractivity contribution in [2.45, 2.75) is 58.6 Å². The van der Waals surface area contributed by atoms with Gasteiger partial charge in [0.1, 0.15) is 10.8 Å². The summed E-state index contributed by atoms with van der Waals surface area (Å²) in [7, 11) is 1.67. The number of aromatic nitrogens is 2. The van der Waals surface area contributed by atoms with Crippen molar-refractivity contribution in [3.05, 3.63) is 16.4 Å². The number of nitrogens with one attached hydrogen (secondary N) is 1. The van der Waals surface area contributed by atoms with Crippen LogP contribution in [-0.4, -0.2) is 32.6 Å².